The van der Waals surface area contributed by atoms with Gasteiger partial charge in [-0.2, -0.15) is 4.31 Å². The number of carbonyl (C=O) groups is 2. The van der Waals surface area contributed by atoms with Gasteiger partial charge in [0.05, 0.1) is 12.2 Å². The smallest absolute Gasteiger partial charge is 0.265 e. The van der Waals surface area contributed by atoms with Gasteiger partial charge in [-0.15, -0.1) is 11.3 Å². The summed E-state index contributed by atoms with van der Waals surface area (Å²) in [6, 6.07) is 7.93. The number of amides is 2. The Morgan fingerprint density at radius 1 is 1.38 bits per heavy atom. The third-order valence-electron chi connectivity index (χ3n) is 3.72. The second kappa shape index (κ2) is 7.06. The molecule has 26 heavy (non-hydrogen) atoms. The van der Waals surface area contributed by atoms with E-state index in [9.17, 15) is 18.0 Å². The minimum atomic E-state index is -3.70. The number of fused-ring (bicyclic) bond motifs is 1. The molecule has 10 heteroatoms. The molecule has 1 aliphatic rings. The maximum atomic E-state index is 12.3. The average Bonchev–Trinajstić information content (AvgIpc) is 3.11. The molecule has 0 fully saturated rings. The van der Waals surface area contributed by atoms with Gasteiger partial charge in [0.15, 0.2) is 6.10 Å². The molecular formula is C16H17N3O5S2. The predicted molar refractivity (Wildman–Crippen MR) is 97.9 cm³/mol. The lowest BCUT2D eigenvalue weighted by atomic mass is 10.2. The first-order valence-corrected chi connectivity index (χ1v) is 10.0. The monoisotopic (exact) mass is 395 g/mol. The number of likely N-dealkylation sites (N-methyl/N-ethyl adjacent to an activating group) is 1. The van der Waals surface area contributed by atoms with E-state index in [0.717, 1.165) is 15.6 Å². The molecule has 0 aliphatic carbocycles. The second-order valence-electron chi connectivity index (χ2n) is 5.70. The number of rotatable bonds is 5. The van der Waals surface area contributed by atoms with E-state index < -0.39 is 22.0 Å². The third kappa shape index (κ3) is 3.71. The lowest BCUT2D eigenvalue weighted by Crippen LogP contribution is -2.35. The topological polar surface area (TPSA) is 105 Å². The number of nitrogens with zero attached hydrogens (tertiary/aromatic N) is 1. The minimum absolute atomic E-state index is 0.176. The SMILES string of the molecule is C[C@@H]1Oc2ccc(NC(=O)CN(C)S(=O)(=O)c3cccs3)cc2NC1=O. The van der Waals surface area contributed by atoms with Crippen molar-refractivity contribution in [2.45, 2.75) is 17.2 Å². The Kier molecular flexibility index (Phi) is 4.99. The highest BCUT2D eigenvalue weighted by Gasteiger charge is 2.25. The van der Waals surface area contributed by atoms with Crippen molar-refractivity contribution >= 4 is 44.5 Å². The molecule has 3 rings (SSSR count). The van der Waals surface area contributed by atoms with E-state index in [1.807, 2.05) is 0 Å². The molecule has 1 aliphatic heterocycles. The van der Waals surface area contributed by atoms with Crippen LogP contribution in [0.25, 0.3) is 0 Å². The zero-order valence-corrected chi connectivity index (χ0v) is 15.7. The summed E-state index contributed by atoms with van der Waals surface area (Å²) in [4.78, 5) is 23.9. The van der Waals surface area contributed by atoms with Crippen molar-refractivity contribution in [3.63, 3.8) is 0 Å². The molecule has 2 amide bonds. The number of ether oxygens (including phenoxy) is 1. The number of sulfonamides is 1. The first-order chi connectivity index (χ1) is 12.3. The van der Waals surface area contributed by atoms with Crippen LogP contribution in [0.2, 0.25) is 0 Å². The van der Waals surface area contributed by atoms with Crippen LogP contribution in [-0.2, 0) is 19.6 Å². The fourth-order valence-corrected chi connectivity index (χ4v) is 4.67. The molecule has 0 spiro atoms. The van der Waals surface area contributed by atoms with Crippen LogP contribution in [0, 0.1) is 0 Å². The lowest BCUT2D eigenvalue weighted by Gasteiger charge is -2.23. The van der Waals surface area contributed by atoms with Crippen LogP contribution in [0.15, 0.2) is 39.9 Å². The fraction of sp³-hybridized carbons (Fsp3) is 0.250. The molecule has 0 saturated carbocycles. The molecular weight excluding hydrogens is 378 g/mol. The van der Waals surface area contributed by atoms with E-state index in [-0.39, 0.29) is 16.7 Å². The number of hydrogen-bond acceptors (Lipinski definition) is 6. The highest BCUT2D eigenvalue weighted by atomic mass is 32.2. The third-order valence-corrected chi connectivity index (χ3v) is 6.90. The summed E-state index contributed by atoms with van der Waals surface area (Å²) in [7, 11) is -2.35. The van der Waals surface area contributed by atoms with Crippen molar-refractivity contribution in [3.05, 3.63) is 35.7 Å². The van der Waals surface area contributed by atoms with E-state index in [0.29, 0.717) is 17.1 Å². The largest absolute Gasteiger partial charge is 0.479 e. The van der Waals surface area contributed by atoms with Gasteiger partial charge < -0.3 is 15.4 Å². The van der Waals surface area contributed by atoms with E-state index >= 15 is 0 Å². The summed E-state index contributed by atoms with van der Waals surface area (Å²) in [6.45, 7) is 1.30. The van der Waals surface area contributed by atoms with Gasteiger partial charge >= 0.3 is 0 Å². The summed E-state index contributed by atoms with van der Waals surface area (Å²) >= 11 is 1.09. The number of anilines is 2. The molecule has 0 saturated heterocycles. The first kappa shape index (κ1) is 18.4. The normalized spacial score (nSPS) is 16.6. The Balaban J connectivity index is 1.67. The minimum Gasteiger partial charge on any atom is -0.479 e. The highest BCUT2D eigenvalue weighted by molar-refractivity contribution is 7.91. The molecule has 1 aromatic heterocycles. The molecule has 2 aromatic rings. The van der Waals surface area contributed by atoms with Gasteiger partial charge in [0, 0.05) is 12.7 Å². The van der Waals surface area contributed by atoms with E-state index in [2.05, 4.69) is 10.6 Å². The lowest BCUT2D eigenvalue weighted by molar-refractivity contribution is -0.122. The summed E-state index contributed by atoms with van der Waals surface area (Å²) in [5.74, 6) is -0.265. The van der Waals surface area contributed by atoms with Crippen molar-refractivity contribution < 1.29 is 22.7 Å². The summed E-state index contributed by atoms with van der Waals surface area (Å²) < 4.78 is 31.3. The number of thiophene rings is 1. The van der Waals surface area contributed by atoms with Gasteiger partial charge in [-0.3, -0.25) is 9.59 Å². The second-order valence-corrected chi connectivity index (χ2v) is 8.92. The maximum Gasteiger partial charge on any atom is 0.265 e. The Morgan fingerprint density at radius 2 is 2.15 bits per heavy atom. The Bertz CT molecular complexity index is 941. The standard InChI is InChI=1S/C16H17N3O5S2/c1-10-16(21)18-12-8-11(5-6-13(12)24-10)17-14(20)9-19(2)26(22,23)15-4-3-7-25-15/h3-8,10H,9H2,1-2H3,(H,17,20)(H,18,21)/t10-/m0/s1. The van der Waals surface area contributed by atoms with Gasteiger partial charge in [0.2, 0.25) is 5.91 Å². The molecule has 2 N–H and O–H groups in total. The maximum absolute atomic E-state index is 12.3. The summed E-state index contributed by atoms with van der Waals surface area (Å²) in [5.41, 5.74) is 0.875. The van der Waals surface area contributed by atoms with Gasteiger partial charge in [0.1, 0.15) is 9.96 Å². The Labute approximate surface area is 154 Å². The van der Waals surface area contributed by atoms with Crippen molar-refractivity contribution in [3.8, 4) is 5.75 Å². The number of carbonyl (C=O) groups excluding carboxylic acids is 2. The van der Waals surface area contributed by atoms with Gasteiger partial charge in [-0.1, -0.05) is 6.07 Å². The highest BCUT2D eigenvalue weighted by Crippen LogP contribution is 2.32. The molecule has 2 heterocycles. The zero-order chi connectivity index (χ0) is 18.9. The molecule has 0 bridgehead atoms. The van der Waals surface area contributed by atoms with Gasteiger partial charge in [0.25, 0.3) is 15.9 Å². The van der Waals surface area contributed by atoms with Gasteiger partial charge in [-0.25, -0.2) is 8.42 Å². The van der Waals surface area contributed by atoms with Crippen LogP contribution in [0.1, 0.15) is 6.92 Å². The van der Waals surface area contributed by atoms with Crippen LogP contribution < -0.4 is 15.4 Å². The molecule has 8 nitrogen and oxygen atoms in total. The molecule has 1 aromatic carbocycles. The molecule has 0 unspecified atom stereocenters. The Hall–Kier alpha value is -2.43. The molecule has 138 valence electrons. The van der Waals surface area contributed by atoms with E-state index in [1.54, 1.807) is 36.6 Å². The van der Waals surface area contributed by atoms with E-state index in [1.165, 1.54) is 13.1 Å². The predicted octanol–water partition coefficient (Wildman–Crippen LogP) is 1.73. The fourth-order valence-electron chi connectivity index (χ4n) is 2.34. The quantitative estimate of drug-likeness (QED) is 0.802. The number of benzene rings is 1. The van der Waals surface area contributed by atoms with Crippen molar-refractivity contribution in [1.29, 1.82) is 0 Å². The van der Waals surface area contributed by atoms with Gasteiger partial charge in [-0.05, 0) is 36.6 Å². The Morgan fingerprint density at radius 3 is 2.85 bits per heavy atom. The van der Waals surface area contributed by atoms with Crippen LogP contribution >= 0.6 is 11.3 Å². The van der Waals surface area contributed by atoms with Crippen LogP contribution in [0.3, 0.4) is 0 Å². The molecule has 0 radical (unpaired) electrons. The van der Waals surface area contributed by atoms with Crippen LogP contribution in [0.4, 0.5) is 11.4 Å². The van der Waals surface area contributed by atoms with Crippen molar-refractivity contribution in [2.75, 3.05) is 24.2 Å². The average molecular weight is 395 g/mol. The summed E-state index contributed by atoms with van der Waals surface area (Å²) in [6.07, 6.45) is -0.584. The number of hydrogen-bond donors (Lipinski definition) is 2. The van der Waals surface area contributed by atoms with E-state index in [4.69, 9.17) is 4.74 Å². The summed E-state index contributed by atoms with van der Waals surface area (Å²) in [5, 5.41) is 6.96. The first-order valence-electron chi connectivity index (χ1n) is 7.68. The van der Waals surface area contributed by atoms with Crippen LogP contribution in [-0.4, -0.2) is 44.2 Å². The van der Waals surface area contributed by atoms with Crippen molar-refractivity contribution in [1.82, 2.24) is 4.31 Å². The van der Waals surface area contributed by atoms with Crippen LogP contribution in [0.5, 0.6) is 5.75 Å². The molecule has 1 atom stereocenters. The van der Waals surface area contributed by atoms with Crippen molar-refractivity contribution in [2.24, 2.45) is 0 Å². The zero-order valence-electron chi connectivity index (χ0n) is 14.1. The number of nitrogens with one attached hydrogen (secondary N) is 2.